The van der Waals surface area contributed by atoms with Crippen molar-refractivity contribution in [3.05, 3.63) is 41.0 Å². The molecule has 2 heterocycles. The number of aromatic nitrogens is 2. The molecule has 0 spiro atoms. The van der Waals surface area contributed by atoms with Crippen LogP contribution in [0.25, 0.3) is 11.3 Å². The van der Waals surface area contributed by atoms with Crippen LogP contribution in [0.2, 0.25) is 0 Å². The second-order valence-electron chi connectivity index (χ2n) is 7.50. The molecule has 0 bridgehead atoms. The lowest BCUT2D eigenvalue weighted by atomic mass is 9.99. The number of rotatable bonds is 3. The molecule has 5 heteroatoms. The highest BCUT2D eigenvalue weighted by atomic mass is 16.2. The SMILES string of the molecule is Cc1cc(C)c(-c2ccc(N3CCN(C(=O)C(C)C)CC3)nn2)cc1C. The van der Waals surface area contributed by atoms with E-state index in [1.165, 1.54) is 16.7 Å². The first-order valence-corrected chi connectivity index (χ1v) is 9.32. The molecule has 1 saturated heterocycles. The van der Waals surface area contributed by atoms with E-state index in [9.17, 15) is 4.79 Å². The van der Waals surface area contributed by atoms with E-state index in [0.29, 0.717) is 0 Å². The Bertz CT molecular complexity index is 790. The number of anilines is 1. The van der Waals surface area contributed by atoms with E-state index in [4.69, 9.17) is 0 Å². The Balaban J connectivity index is 1.71. The van der Waals surface area contributed by atoms with Gasteiger partial charge in [-0.15, -0.1) is 10.2 Å². The fourth-order valence-electron chi connectivity index (χ4n) is 3.40. The van der Waals surface area contributed by atoms with E-state index in [0.717, 1.165) is 43.3 Å². The molecule has 5 nitrogen and oxygen atoms in total. The lowest BCUT2D eigenvalue weighted by Gasteiger charge is -2.36. The van der Waals surface area contributed by atoms with Crippen LogP contribution in [0.15, 0.2) is 24.3 Å². The van der Waals surface area contributed by atoms with Crippen molar-refractivity contribution < 1.29 is 4.79 Å². The monoisotopic (exact) mass is 352 g/mol. The maximum absolute atomic E-state index is 12.1. The Morgan fingerprint density at radius 3 is 2.15 bits per heavy atom. The number of hydrogen-bond acceptors (Lipinski definition) is 4. The van der Waals surface area contributed by atoms with E-state index in [1.54, 1.807) is 0 Å². The standard InChI is InChI=1S/C21H28N4O/c1-14(2)21(26)25-10-8-24(9-11-25)20-7-6-19(22-23-20)18-13-16(4)15(3)12-17(18)5/h6-7,12-14H,8-11H2,1-5H3. The second-order valence-corrected chi connectivity index (χ2v) is 7.50. The molecule has 1 aliphatic rings. The van der Waals surface area contributed by atoms with Crippen molar-refractivity contribution in [2.45, 2.75) is 34.6 Å². The van der Waals surface area contributed by atoms with Crippen molar-refractivity contribution in [2.75, 3.05) is 31.1 Å². The molecule has 0 aliphatic carbocycles. The first-order chi connectivity index (χ1) is 12.4. The molecule has 1 aromatic heterocycles. The summed E-state index contributed by atoms with van der Waals surface area (Å²) in [5.74, 6) is 1.17. The number of piperazine rings is 1. The summed E-state index contributed by atoms with van der Waals surface area (Å²) in [6.07, 6.45) is 0. The Hall–Kier alpha value is -2.43. The van der Waals surface area contributed by atoms with Gasteiger partial charge in [-0.1, -0.05) is 19.9 Å². The van der Waals surface area contributed by atoms with Gasteiger partial charge < -0.3 is 9.80 Å². The number of amides is 1. The minimum absolute atomic E-state index is 0.0573. The summed E-state index contributed by atoms with van der Waals surface area (Å²) >= 11 is 0. The smallest absolute Gasteiger partial charge is 0.225 e. The van der Waals surface area contributed by atoms with E-state index >= 15 is 0 Å². The number of aryl methyl sites for hydroxylation is 3. The van der Waals surface area contributed by atoms with Gasteiger partial charge in [-0.2, -0.15) is 0 Å². The van der Waals surface area contributed by atoms with Gasteiger partial charge in [-0.05, 0) is 55.7 Å². The number of benzene rings is 1. The minimum Gasteiger partial charge on any atom is -0.352 e. The average Bonchev–Trinajstić information content (AvgIpc) is 2.64. The Kier molecular flexibility index (Phi) is 5.25. The molecule has 2 aromatic rings. The molecule has 1 amide bonds. The minimum atomic E-state index is 0.0573. The van der Waals surface area contributed by atoms with Gasteiger partial charge in [-0.25, -0.2) is 0 Å². The van der Waals surface area contributed by atoms with E-state index in [-0.39, 0.29) is 11.8 Å². The zero-order valence-electron chi connectivity index (χ0n) is 16.4. The highest BCUT2D eigenvalue weighted by molar-refractivity contribution is 5.78. The zero-order chi connectivity index (χ0) is 18.8. The molecule has 0 atom stereocenters. The van der Waals surface area contributed by atoms with Crippen LogP contribution in [0.4, 0.5) is 5.82 Å². The summed E-state index contributed by atoms with van der Waals surface area (Å²) in [5, 5.41) is 8.92. The fraction of sp³-hybridized carbons (Fsp3) is 0.476. The molecule has 0 unspecified atom stereocenters. The third-order valence-corrected chi connectivity index (χ3v) is 5.18. The van der Waals surface area contributed by atoms with Crippen LogP contribution in [0, 0.1) is 26.7 Å². The topological polar surface area (TPSA) is 49.3 Å². The Labute approximate surface area is 156 Å². The van der Waals surface area contributed by atoms with Crippen LogP contribution >= 0.6 is 0 Å². The largest absolute Gasteiger partial charge is 0.352 e. The lowest BCUT2D eigenvalue weighted by Crippen LogP contribution is -2.50. The predicted octanol–water partition coefficient (Wildman–Crippen LogP) is 3.37. The highest BCUT2D eigenvalue weighted by Crippen LogP contribution is 2.25. The molecule has 1 aromatic carbocycles. The van der Waals surface area contributed by atoms with Crippen LogP contribution in [-0.2, 0) is 4.79 Å². The summed E-state index contributed by atoms with van der Waals surface area (Å²) in [6.45, 7) is 13.4. The van der Waals surface area contributed by atoms with Crippen LogP contribution in [-0.4, -0.2) is 47.2 Å². The van der Waals surface area contributed by atoms with Crippen molar-refractivity contribution in [3.63, 3.8) is 0 Å². The average molecular weight is 352 g/mol. The van der Waals surface area contributed by atoms with Gasteiger partial charge >= 0.3 is 0 Å². The van der Waals surface area contributed by atoms with Gasteiger partial charge in [0, 0.05) is 37.7 Å². The van der Waals surface area contributed by atoms with Crippen LogP contribution in [0.1, 0.15) is 30.5 Å². The number of carbonyl (C=O) groups is 1. The van der Waals surface area contributed by atoms with Gasteiger partial charge in [0.1, 0.15) is 0 Å². The second kappa shape index (κ2) is 7.44. The molecular formula is C21H28N4O. The number of nitrogens with zero attached hydrogens (tertiary/aromatic N) is 4. The van der Waals surface area contributed by atoms with Crippen LogP contribution in [0.3, 0.4) is 0 Å². The van der Waals surface area contributed by atoms with Crippen LogP contribution < -0.4 is 4.90 Å². The fourth-order valence-corrected chi connectivity index (χ4v) is 3.40. The van der Waals surface area contributed by atoms with Gasteiger partial charge in [-0.3, -0.25) is 4.79 Å². The van der Waals surface area contributed by atoms with Crippen molar-refractivity contribution in [1.82, 2.24) is 15.1 Å². The maximum Gasteiger partial charge on any atom is 0.225 e. The number of hydrogen-bond donors (Lipinski definition) is 0. The van der Waals surface area contributed by atoms with Gasteiger partial charge in [0.25, 0.3) is 0 Å². The van der Waals surface area contributed by atoms with Crippen LogP contribution in [0.5, 0.6) is 0 Å². The summed E-state index contributed by atoms with van der Waals surface area (Å²) < 4.78 is 0. The molecule has 138 valence electrons. The first kappa shape index (κ1) is 18.4. The third kappa shape index (κ3) is 3.71. The molecule has 3 rings (SSSR count). The van der Waals surface area contributed by atoms with Gasteiger partial charge in [0.05, 0.1) is 5.69 Å². The third-order valence-electron chi connectivity index (χ3n) is 5.18. The van der Waals surface area contributed by atoms with Crippen molar-refractivity contribution in [1.29, 1.82) is 0 Å². The molecular weight excluding hydrogens is 324 g/mol. The molecule has 0 N–H and O–H groups in total. The molecule has 0 radical (unpaired) electrons. The van der Waals surface area contributed by atoms with E-state index < -0.39 is 0 Å². The summed E-state index contributed by atoms with van der Waals surface area (Å²) in [7, 11) is 0. The van der Waals surface area contributed by atoms with Crippen molar-refractivity contribution in [2.24, 2.45) is 5.92 Å². The molecule has 0 saturated carbocycles. The Morgan fingerprint density at radius 1 is 0.923 bits per heavy atom. The summed E-state index contributed by atoms with van der Waals surface area (Å²) in [4.78, 5) is 16.3. The van der Waals surface area contributed by atoms with Crippen molar-refractivity contribution >= 4 is 11.7 Å². The van der Waals surface area contributed by atoms with Gasteiger partial charge in [0.2, 0.25) is 5.91 Å². The summed E-state index contributed by atoms with van der Waals surface area (Å²) in [6, 6.07) is 8.47. The normalized spacial score (nSPS) is 14.8. The van der Waals surface area contributed by atoms with E-state index in [2.05, 4.69) is 48.0 Å². The summed E-state index contributed by atoms with van der Waals surface area (Å²) in [5.41, 5.74) is 5.82. The van der Waals surface area contributed by atoms with E-state index in [1.807, 2.05) is 30.9 Å². The Morgan fingerprint density at radius 2 is 1.58 bits per heavy atom. The van der Waals surface area contributed by atoms with Gasteiger partial charge in [0.15, 0.2) is 5.82 Å². The molecule has 1 fully saturated rings. The molecule has 1 aliphatic heterocycles. The quantitative estimate of drug-likeness (QED) is 0.850. The molecule has 26 heavy (non-hydrogen) atoms. The highest BCUT2D eigenvalue weighted by Gasteiger charge is 2.23. The zero-order valence-corrected chi connectivity index (χ0v) is 16.4. The predicted molar refractivity (Wildman–Crippen MR) is 105 cm³/mol. The first-order valence-electron chi connectivity index (χ1n) is 9.32. The maximum atomic E-state index is 12.1. The lowest BCUT2D eigenvalue weighted by molar-refractivity contribution is -0.134. The number of carbonyl (C=O) groups excluding carboxylic acids is 1. The van der Waals surface area contributed by atoms with Crippen molar-refractivity contribution in [3.8, 4) is 11.3 Å².